The van der Waals surface area contributed by atoms with Gasteiger partial charge in [-0.1, -0.05) is 0 Å². The van der Waals surface area contributed by atoms with E-state index in [9.17, 15) is 14.4 Å². The molecule has 0 bridgehead atoms. The molecule has 1 heterocycles. The second-order valence-corrected chi connectivity index (χ2v) is 4.53. The Hall–Kier alpha value is -1.67. The largest absolute Gasteiger partial charge is 0.480 e. The van der Waals surface area contributed by atoms with E-state index in [4.69, 9.17) is 9.84 Å². The fourth-order valence-corrected chi connectivity index (χ4v) is 1.64. The predicted molar refractivity (Wildman–Crippen MR) is 69.9 cm³/mol. The SMILES string of the molecule is O=C(O)COCCNC(=O)Cn1cc(Br)ccc1=O. The summed E-state index contributed by atoms with van der Waals surface area (Å²) in [5, 5.41) is 10.8. The van der Waals surface area contributed by atoms with Crippen molar-refractivity contribution in [2.24, 2.45) is 0 Å². The molecule has 0 saturated heterocycles. The Morgan fingerprint density at radius 2 is 2.16 bits per heavy atom. The standard InChI is InChI=1S/C11H13BrN2O5/c12-8-1-2-10(16)14(5-8)6-9(15)13-3-4-19-7-11(17)18/h1-2,5H,3-4,6-7H2,(H,13,15)(H,17,18). The topological polar surface area (TPSA) is 97.6 Å². The summed E-state index contributed by atoms with van der Waals surface area (Å²) in [4.78, 5) is 33.1. The van der Waals surface area contributed by atoms with Crippen LogP contribution in [0.1, 0.15) is 0 Å². The van der Waals surface area contributed by atoms with Crippen molar-refractivity contribution in [3.05, 3.63) is 33.2 Å². The highest BCUT2D eigenvalue weighted by molar-refractivity contribution is 9.10. The van der Waals surface area contributed by atoms with Gasteiger partial charge in [0.25, 0.3) is 5.56 Å². The molecule has 1 amide bonds. The Morgan fingerprint density at radius 1 is 1.42 bits per heavy atom. The fraction of sp³-hybridized carbons (Fsp3) is 0.364. The summed E-state index contributed by atoms with van der Waals surface area (Å²) in [6, 6.07) is 2.95. The molecule has 1 aromatic heterocycles. The van der Waals surface area contributed by atoms with Crippen molar-refractivity contribution in [3.8, 4) is 0 Å². The summed E-state index contributed by atoms with van der Waals surface area (Å²) < 4.78 is 6.71. The number of aromatic nitrogens is 1. The molecular weight excluding hydrogens is 320 g/mol. The normalized spacial score (nSPS) is 10.2. The van der Waals surface area contributed by atoms with E-state index in [0.717, 1.165) is 0 Å². The van der Waals surface area contributed by atoms with Crippen molar-refractivity contribution in [1.29, 1.82) is 0 Å². The highest BCUT2D eigenvalue weighted by atomic mass is 79.9. The Kier molecular flexibility index (Phi) is 6.23. The van der Waals surface area contributed by atoms with E-state index in [1.807, 2.05) is 0 Å². The smallest absolute Gasteiger partial charge is 0.329 e. The Morgan fingerprint density at radius 3 is 2.84 bits per heavy atom. The van der Waals surface area contributed by atoms with Gasteiger partial charge in [0.2, 0.25) is 5.91 Å². The lowest BCUT2D eigenvalue weighted by atomic mass is 10.4. The molecule has 1 aromatic rings. The number of aliphatic carboxylic acids is 1. The summed E-state index contributed by atoms with van der Waals surface area (Å²) in [5.74, 6) is -1.41. The van der Waals surface area contributed by atoms with Gasteiger partial charge in [0.1, 0.15) is 13.2 Å². The lowest BCUT2D eigenvalue weighted by Gasteiger charge is -2.07. The van der Waals surface area contributed by atoms with E-state index in [1.165, 1.54) is 16.8 Å². The summed E-state index contributed by atoms with van der Waals surface area (Å²) in [6.45, 7) is -0.210. The van der Waals surface area contributed by atoms with Crippen molar-refractivity contribution in [3.63, 3.8) is 0 Å². The molecule has 104 valence electrons. The van der Waals surface area contributed by atoms with Crippen LogP contribution in [0.4, 0.5) is 0 Å². The first-order valence-corrected chi connectivity index (χ1v) is 6.20. The summed E-state index contributed by atoms with van der Waals surface area (Å²) >= 11 is 3.21. The van der Waals surface area contributed by atoms with Crippen molar-refractivity contribution in [2.45, 2.75) is 6.54 Å². The zero-order chi connectivity index (χ0) is 14.3. The van der Waals surface area contributed by atoms with Gasteiger partial charge in [0, 0.05) is 23.3 Å². The molecule has 19 heavy (non-hydrogen) atoms. The molecule has 0 radical (unpaired) electrons. The zero-order valence-electron chi connectivity index (χ0n) is 9.97. The number of amides is 1. The molecule has 0 saturated carbocycles. The predicted octanol–water partition coefficient (Wildman–Crippen LogP) is -0.172. The molecule has 0 fully saturated rings. The number of carboxylic acids is 1. The number of nitrogens with zero attached hydrogens (tertiary/aromatic N) is 1. The van der Waals surface area contributed by atoms with Gasteiger partial charge >= 0.3 is 5.97 Å². The average Bonchev–Trinajstić information content (AvgIpc) is 2.33. The lowest BCUT2D eigenvalue weighted by molar-refractivity contribution is -0.142. The van der Waals surface area contributed by atoms with Gasteiger partial charge < -0.3 is 19.7 Å². The van der Waals surface area contributed by atoms with Crippen LogP contribution in [-0.4, -0.2) is 41.3 Å². The molecule has 0 aliphatic carbocycles. The van der Waals surface area contributed by atoms with Gasteiger partial charge in [-0.3, -0.25) is 9.59 Å². The van der Waals surface area contributed by atoms with Gasteiger partial charge in [-0.25, -0.2) is 4.79 Å². The van der Waals surface area contributed by atoms with Gasteiger partial charge in [-0.05, 0) is 22.0 Å². The monoisotopic (exact) mass is 332 g/mol. The van der Waals surface area contributed by atoms with Crippen LogP contribution in [0.5, 0.6) is 0 Å². The number of ether oxygens (including phenoxy) is 1. The molecular formula is C11H13BrN2O5. The maximum absolute atomic E-state index is 11.5. The van der Waals surface area contributed by atoms with Gasteiger partial charge in [-0.2, -0.15) is 0 Å². The third-order valence-electron chi connectivity index (χ3n) is 2.06. The molecule has 7 nitrogen and oxygen atoms in total. The molecule has 0 spiro atoms. The van der Waals surface area contributed by atoms with Gasteiger partial charge in [-0.15, -0.1) is 0 Å². The average molecular weight is 333 g/mol. The molecule has 0 aromatic carbocycles. The molecule has 8 heteroatoms. The lowest BCUT2D eigenvalue weighted by Crippen LogP contribution is -2.34. The van der Waals surface area contributed by atoms with E-state index in [-0.39, 0.29) is 31.2 Å². The molecule has 0 aliphatic heterocycles. The number of pyridine rings is 1. The third-order valence-corrected chi connectivity index (χ3v) is 2.52. The summed E-state index contributed by atoms with van der Waals surface area (Å²) in [6.07, 6.45) is 1.52. The highest BCUT2D eigenvalue weighted by Gasteiger charge is 2.04. The van der Waals surface area contributed by atoms with Crippen LogP contribution < -0.4 is 10.9 Å². The van der Waals surface area contributed by atoms with Crippen LogP contribution in [0.3, 0.4) is 0 Å². The minimum Gasteiger partial charge on any atom is -0.480 e. The first-order valence-electron chi connectivity index (χ1n) is 5.41. The zero-order valence-corrected chi connectivity index (χ0v) is 11.6. The number of carbonyl (C=O) groups is 2. The van der Waals surface area contributed by atoms with E-state index < -0.39 is 12.6 Å². The van der Waals surface area contributed by atoms with Crippen molar-refractivity contribution in [1.82, 2.24) is 9.88 Å². The van der Waals surface area contributed by atoms with E-state index in [1.54, 1.807) is 6.07 Å². The van der Waals surface area contributed by atoms with Crippen LogP contribution in [-0.2, 0) is 20.9 Å². The third kappa shape index (κ3) is 6.16. The summed E-state index contributed by atoms with van der Waals surface area (Å²) in [5.41, 5.74) is -0.277. The van der Waals surface area contributed by atoms with Crippen LogP contribution in [0, 0.1) is 0 Å². The van der Waals surface area contributed by atoms with Crippen molar-refractivity contribution < 1.29 is 19.4 Å². The maximum atomic E-state index is 11.5. The number of halogens is 1. The number of hydrogen-bond donors (Lipinski definition) is 2. The molecule has 2 N–H and O–H groups in total. The molecule has 0 aliphatic rings. The van der Waals surface area contributed by atoms with Crippen LogP contribution >= 0.6 is 15.9 Å². The van der Waals surface area contributed by atoms with E-state index >= 15 is 0 Å². The van der Waals surface area contributed by atoms with E-state index in [2.05, 4.69) is 21.2 Å². The number of nitrogens with one attached hydrogen (secondary N) is 1. The Bertz CT molecular complexity index is 514. The highest BCUT2D eigenvalue weighted by Crippen LogP contribution is 2.04. The Labute approximate surface area is 117 Å². The first-order chi connectivity index (χ1) is 8.99. The minimum absolute atomic E-state index is 0.1000. The summed E-state index contributed by atoms with van der Waals surface area (Å²) in [7, 11) is 0. The molecule has 1 rings (SSSR count). The van der Waals surface area contributed by atoms with Crippen molar-refractivity contribution >= 4 is 27.8 Å². The van der Waals surface area contributed by atoms with Gasteiger partial charge in [0.05, 0.1) is 6.61 Å². The number of hydrogen-bond acceptors (Lipinski definition) is 4. The number of carbonyl (C=O) groups excluding carboxylic acids is 1. The first kappa shape index (κ1) is 15.4. The maximum Gasteiger partial charge on any atom is 0.329 e. The van der Waals surface area contributed by atoms with Crippen molar-refractivity contribution in [2.75, 3.05) is 19.8 Å². The number of rotatable bonds is 7. The number of carboxylic acid groups (broad SMARTS) is 1. The van der Waals surface area contributed by atoms with Crippen LogP contribution in [0.15, 0.2) is 27.6 Å². The molecule has 0 unspecified atom stereocenters. The fourth-order valence-electron chi connectivity index (χ4n) is 1.26. The van der Waals surface area contributed by atoms with Gasteiger partial charge in [0.15, 0.2) is 0 Å². The second kappa shape index (κ2) is 7.70. The molecule has 0 atom stereocenters. The minimum atomic E-state index is -1.06. The van der Waals surface area contributed by atoms with Crippen LogP contribution in [0.25, 0.3) is 0 Å². The quantitative estimate of drug-likeness (QED) is 0.675. The second-order valence-electron chi connectivity index (χ2n) is 3.61. The Balaban J connectivity index is 2.33. The van der Waals surface area contributed by atoms with E-state index in [0.29, 0.717) is 4.47 Å². The van der Waals surface area contributed by atoms with Crippen LogP contribution in [0.2, 0.25) is 0 Å².